The molecule has 0 amide bonds. The number of hydrogen-bond acceptors (Lipinski definition) is 4. The summed E-state index contributed by atoms with van der Waals surface area (Å²) in [5.41, 5.74) is 1.56. The summed E-state index contributed by atoms with van der Waals surface area (Å²) in [5, 5.41) is -0.265. The van der Waals surface area contributed by atoms with Gasteiger partial charge in [0.05, 0.1) is 17.8 Å². The van der Waals surface area contributed by atoms with E-state index in [2.05, 4.69) is 0 Å². The van der Waals surface area contributed by atoms with Crippen LogP contribution in [0.3, 0.4) is 0 Å². The van der Waals surface area contributed by atoms with Crippen molar-refractivity contribution < 1.29 is 22.2 Å². The minimum absolute atomic E-state index is 0.0115. The SMILES string of the molecule is [2H]c1c(-c2ccccc2)c([2H])c2c(oc3c([2H])c([2H])c([2H])c(-c4nc(-c5ccccc5)nc(-c5ccc(-c6c([2H])c([2H])c7c([2H])c([2H])c([2H])c([2H])c7c6[2H])cc5)n4)c32)c1[2H]. The summed E-state index contributed by atoms with van der Waals surface area (Å²) in [4.78, 5) is 14.3. The van der Waals surface area contributed by atoms with Crippen molar-refractivity contribution in [2.24, 2.45) is 0 Å². The highest BCUT2D eigenvalue weighted by Gasteiger charge is 2.18. The zero-order valence-electron chi connectivity index (χ0n) is 37.3. The maximum atomic E-state index is 9.38. The highest BCUT2D eigenvalue weighted by atomic mass is 16.3. The van der Waals surface area contributed by atoms with Crippen LogP contribution in [0.25, 0.3) is 89.1 Å². The molecule has 0 spiro atoms. The third-order valence-corrected chi connectivity index (χ3v) is 7.71. The Morgan fingerprint density at radius 3 is 1.79 bits per heavy atom. The molecule has 0 saturated heterocycles. The number of furan rings is 1. The average molecular weight is 615 g/mol. The molecule has 0 atom stereocenters. The summed E-state index contributed by atoms with van der Waals surface area (Å²) in [6.45, 7) is 0. The van der Waals surface area contributed by atoms with E-state index >= 15 is 0 Å². The summed E-state index contributed by atoms with van der Waals surface area (Å²) < 4.78 is 119. The van der Waals surface area contributed by atoms with Crippen LogP contribution in [0.1, 0.15) is 17.8 Å². The first-order valence-corrected chi connectivity index (χ1v) is 14.6. The van der Waals surface area contributed by atoms with Gasteiger partial charge in [-0.05, 0) is 57.2 Å². The largest absolute Gasteiger partial charge is 0.456 e. The number of rotatable bonds is 5. The molecule has 2 aromatic heterocycles. The summed E-state index contributed by atoms with van der Waals surface area (Å²) >= 11 is 0. The lowest BCUT2D eigenvalue weighted by molar-refractivity contribution is 0.669. The van der Waals surface area contributed by atoms with Crippen LogP contribution >= 0.6 is 0 Å². The fourth-order valence-corrected chi connectivity index (χ4v) is 5.42. The predicted octanol–water partition coefficient (Wildman–Crippen LogP) is 11.3. The molecular weight excluding hydrogens is 574 g/mol. The quantitative estimate of drug-likeness (QED) is 0.193. The minimum Gasteiger partial charge on any atom is -0.456 e. The van der Waals surface area contributed by atoms with Crippen LogP contribution in [0.15, 0.2) is 168 Å². The van der Waals surface area contributed by atoms with Crippen molar-refractivity contribution in [3.05, 3.63) is 163 Å². The summed E-state index contributed by atoms with van der Waals surface area (Å²) in [6, 6.07) is 18.6. The Morgan fingerprint density at radius 1 is 0.426 bits per heavy atom. The minimum atomic E-state index is -0.558. The van der Waals surface area contributed by atoms with Crippen molar-refractivity contribution in [2.45, 2.75) is 0 Å². The lowest BCUT2D eigenvalue weighted by Crippen LogP contribution is -2.00. The van der Waals surface area contributed by atoms with E-state index in [1.807, 2.05) is 6.07 Å². The van der Waals surface area contributed by atoms with E-state index in [0.29, 0.717) is 22.3 Å². The molecule has 7 aromatic carbocycles. The van der Waals surface area contributed by atoms with Crippen molar-refractivity contribution in [3.63, 3.8) is 0 Å². The van der Waals surface area contributed by atoms with Gasteiger partial charge in [-0.25, -0.2) is 15.0 Å². The monoisotopic (exact) mass is 614 g/mol. The topological polar surface area (TPSA) is 51.8 Å². The Balaban J connectivity index is 1.29. The maximum Gasteiger partial charge on any atom is 0.164 e. The zero-order chi connectivity index (χ0) is 42.5. The Hall–Kier alpha value is -6.39. The highest BCUT2D eigenvalue weighted by molar-refractivity contribution is 6.12. The molecule has 0 aliphatic heterocycles. The number of fused-ring (bicyclic) bond motifs is 4. The average Bonchev–Trinajstić information content (AvgIpc) is 3.66. The van der Waals surface area contributed by atoms with E-state index in [9.17, 15) is 2.74 Å². The van der Waals surface area contributed by atoms with E-state index in [1.165, 1.54) is 0 Å². The molecule has 9 rings (SSSR count). The van der Waals surface area contributed by atoms with E-state index in [4.69, 9.17) is 34.4 Å². The molecule has 0 N–H and O–H groups in total. The van der Waals surface area contributed by atoms with Gasteiger partial charge in [0.1, 0.15) is 11.2 Å². The molecule has 0 fully saturated rings. The molecule has 0 aliphatic rings. The summed E-state index contributed by atoms with van der Waals surface area (Å²) in [5.74, 6) is 0.182. The molecule has 4 nitrogen and oxygen atoms in total. The van der Waals surface area contributed by atoms with E-state index < -0.39 is 48.3 Å². The van der Waals surface area contributed by atoms with Crippen molar-refractivity contribution >= 4 is 32.7 Å². The smallest absolute Gasteiger partial charge is 0.164 e. The molecule has 220 valence electrons. The molecule has 0 radical (unpaired) electrons. The standard InChI is InChI=1S/C43H27N3O/c1-3-10-28(11-4-1)35-24-25-38-37(27-35)40-36(16-9-17-39(40)47-38)43-45-41(31-13-5-2-6-14-31)44-42(46-43)32-21-18-30(19-22-32)34-23-20-29-12-7-8-15-33(29)26-34/h1-27H/i7D,8D,9D,12D,15D,16D,17D,20D,23D,24D,25D,26D,27D. The number of benzene rings is 7. The van der Waals surface area contributed by atoms with Crippen molar-refractivity contribution in [3.8, 4) is 56.4 Å². The predicted molar refractivity (Wildman–Crippen MR) is 192 cm³/mol. The number of aromatic nitrogens is 3. The first kappa shape index (κ1) is 16.8. The van der Waals surface area contributed by atoms with Gasteiger partial charge in [0, 0.05) is 27.5 Å². The van der Waals surface area contributed by atoms with E-state index in [1.54, 1.807) is 78.9 Å². The molecular formula is C43H27N3O. The van der Waals surface area contributed by atoms with Crippen molar-refractivity contribution in [2.75, 3.05) is 0 Å². The Labute approximate surface area is 289 Å². The van der Waals surface area contributed by atoms with Gasteiger partial charge >= 0.3 is 0 Å². The van der Waals surface area contributed by atoms with Gasteiger partial charge in [-0.2, -0.15) is 0 Å². The number of nitrogens with zero attached hydrogens (tertiary/aromatic N) is 3. The van der Waals surface area contributed by atoms with E-state index in [0.717, 1.165) is 0 Å². The van der Waals surface area contributed by atoms with Gasteiger partial charge in [-0.15, -0.1) is 0 Å². The second-order valence-corrected chi connectivity index (χ2v) is 10.6. The third-order valence-electron chi connectivity index (χ3n) is 7.71. The fourth-order valence-electron chi connectivity index (χ4n) is 5.42. The normalized spacial score (nSPS) is 15.3. The second kappa shape index (κ2) is 11.2. The van der Waals surface area contributed by atoms with Gasteiger partial charge in [0.25, 0.3) is 0 Å². The molecule has 9 aromatic rings. The summed E-state index contributed by atoms with van der Waals surface area (Å²) in [7, 11) is 0. The van der Waals surface area contributed by atoms with Crippen molar-refractivity contribution in [1.82, 2.24) is 15.0 Å². The fraction of sp³-hybridized carbons (Fsp3) is 0. The van der Waals surface area contributed by atoms with Gasteiger partial charge in [0.2, 0.25) is 0 Å². The van der Waals surface area contributed by atoms with Crippen LogP contribution in [0.2, 0.25) is 0 Å². The Morgan fingerprint density at radius 2 is 1.02 bits per heavy atom. The number of hydrogen-bond donors (Lipinski definition) is 0. The van der Waals surface area contributed by atoms with Crippen LogP contribution in [0.4, 0.5) is 0 Å². The van der Waals surface area contributed by atoms with E-state index in [-0.39, 0.29) is 97.1 Å². The van der Waals surface area contributed by atoms with Crippen LogP contribution in [0, 0.1) is 0 Å². The second-order valence-electron chi connectivity index (χ2n) is 10.6. The van der Waals surface area contributed by atoms with Crippen LogP contribution in [0.5, 0.6) is 0 Å². The Bertz CT molecular complexity index is 3290. The molecule has 0 saturated carbocycles. The first-order valence-electron chi connectivity index (χ1n) is 21.1. The van der Waals surface area contributed by atoms with Gasteiger partial charge < -0.3 is 4.42 Å². The molecule has 0 aliphatic carbocycles. The van der Waals surface area contributed by atoms with Crippen LogP contribution in [-0.4, -0.2) is 15.0 Å². The molecule has 2 heterocycles. The molecule has 0 unspecified atom stereocenters. The highest BCUT2D eigenvalue weighted by Crippen LogP contribution is 2.38. The van der Waals surface area contributed by atoms with Crippen LogP contribution < -0.4 is 0 Å². The van der Waals surface area contributed by atoms with Crippen molar-refractivity contribution in [1.29, 1.82) is 0 Å². The van der Waals surface area contributed by atoms with Gasteiger partial charge in [-0.3, -0.25) is 0 Å². The van der Waals surface area contributed by atoms with Gasteiger partial charge in [-0.1, -0.05) is 139 Å². The lowest BCUT2D eigenvalue weighted by Gasteiger charge is -2.10. The summed E-state index contributed by atoms with van der Waals surface area (Å²) in [6.07, 6.45) is 0. The molecule has 0 bridgehead atoms. The molecule has 47 heavy (non-hydrogen) atoms. The van der Waals surface area contributed by atoms with Crippen LogP contribution in [-0.2, 0) is 0 Å². The molecule has 4 heteroatoms. The third kappa shape index (κ3) is 4.93. The Kier molecular flexibility index (Phi) is 4.00. The first-order chi connectivity index (χ1) is 28.7. The zero-order valence-corrected chi connectivity index (χ0v) is 24.3. The maximum absolute atomic E-state index is 9.38. The lowest BCUT2D eigenvalue weighted by atomic mass is 10.00. The van der Waals surface area contributed by atoms with Gasteiger partial charge in [0.15, 0.2) is 17.5 Å².